The van der Waals surface area contributed by atoms with Crippen molar-refractivity contribution in [3.8, 4) is 0 Å². The number of rotatable bonds is 5. The first kappa shape index (κ1) is 30.7. The van der Waals surface area contributed by atoms with Gasteiger partial charge < -0.3 is 24.5 Å². The monoisotopic (exact) mass is 541 g/mol. The molecular formula is C31H43NO7. The van der Waals surface area contributed by atoms with E-state index in [1.807, 2.05) is 19.9 Å². The Labute approximate surface area is 230 Å². The normalized spacial score (nSPS) is 27.7. The van der Waals surface area contributed by atoms with Gasteiger partial charge in [0.1, 0.15) is 24.0 Å². The zero-order valence-corrected chi connectivity index (χ0v) is 23.6. The van der Waals surface area contributed by atoms with E-state index in [0.29, 0.717) is 35.9 Å². The first-order chi connectivity index (χ1) is 18.5. The van der Waals surface area contributed by atoms with Crippen LogP contribution in [0.25, 0.3) is 11.1 Å². The number of hydrogen-bond donors (Lipinski definition) is 3. The lowest BCUT2D eigenvalue weighted by Gasteiger charge is -2.36. The number of carbonyl (C=O) groups is 2. The molecule has 3 N–H and O–H groups in total. The molecule has 8 nitrogen and oxygen atoms in total. The second-order valence-electron chi connectivity index (χ2n) is 11.4. The molecule has 5 atom stereocenters. The number of oxazole rings is 1. The fourth-order valence-electron chi connectivity index (χ4n) is 5.21. The number of esters is 1. The fraction of sp³-hybridized carbons (Fsp3) is 0.581. The molecule has 3 rings (SSSR count). The second-order valence-corrected chi connectivity index (χ2v) is 11.4. The van der Waals surface area contributed by atoms with Crippen molar-refractivity contribution >= 4 is 22.9 Å². The third-order valence-electron chi connectivity index (χ3n) is 7.99. The number of Topliss-reactive ketones (excluding diaryl/α,β-unsaturated/α-hetero) is 1. The molecule has 0 saturated heterocycles. The zero-order valence-electron chi connectivity index (χ0n) is 23.6. The molecule has 1 aromatic heterocycles. The molecular weight excluding hydrogens is 498 g/mol. The van der Waals surface area contributed by atoms with E-state index in [0.717, 1.165) is 24.8 Å². The van der Waals surface area contributed by atoms with Crippen molar-refractivity contribution in [2.75, 3.05) is 0 Å². The van der Waals surface area contributed by atoms with Crippen molar-refractivity contribution in [2.24, 2.45) is 17.3 Å². The van der Waals surface area contributed by atoms with Gasteiger partial charge in [-0.15, -0.1) is 6.58 Å². The number of allylic oxidation sites excluding steroid dienone is 2. The molecule has 0 unspecified atom stereocenters. The minimum Gasteiger partial charge on any atom is -0.457 e. The maximum Gasteiger partial charge on any atom is 0.309 e. The van der Waals surface area contributed by atoms with Crippen LogP contribution in [-0.2, 0) is 20.9 Å². The van der Waals surface area contributed by atoms with Crippen molar-refractivity contribution in [1.29, 1.82) is 0 Å². The van der Waals surface area contributed by atoms with E-state index in [-0.39, 0.29) is 30.6 Å². The summed E-state index contributed by atoms with van der Waals surface area (Å²) in [5.41, 5.74) is 1.65. The van der Waals surface area contributed by atoms with Gasteiger partial charge in [-0.2, -0.15) is 0 Å². The summed E-state index contributed by atoms with van der Waals surface area (Å²) in [6.45, 7) is 10.7. The number of hydrogen-bond acceptors (Lipinski definition) is 8. The summed E-state index contributed by atoms with van der Waals surface area (Å²) in [6, 6.07) is 5.30. The van der Waals surface area contributed by atoms with Crippen LogP contribution < -0.4 is 0 Å². The molecule has 0 saturated carbocycles. The smallest absolute Gasteiger partial charge is 0.309 e. The first-order valence-corrected chi connectivity index (χ1v) is 13.8. The predicted octanol–water partition coefficient (Wildman–Crippen LogP) is 5.35. The summed E-state index contributed by atoms with van der Waals surface area (Å²) in [5, 5.41) is 31.6. The van der Waals surface area contributed by atoms with Gasteiger partial charge in [0.2, 0.25) is 5.89 Å². The van der Waals surface area contributed by atoms with Gasteiger partial charge in [0.05, 0.1) is 24.0 Å². The molecule has 1 aromatic carbocycles. The number of aliphatic hydroxyl groups excluding tert-OH is 3. The minimum atomic E-state index is -1.29. The lowest BCUT2D eigenvalue weighted by Crippen LogP contribution is -2.46. The number of carbonyl (C=O) groups excluding carboxylic acids is 2. The molecule has 8 heteroatoms. The van der Waals surface area contributed by atoms with Gasteiger partial charge in [-0.1, -0.05) is 44.6 Å². The van der Waals surface area contributed by atoms with Gasteiger partial charge in [0, 0.05) is 12.3 Å². The number of nitrogens with zero attached hydrogens (tertiary/aromatic N) is 1. The number of benzene rings is 1. The molecule has 0 fully saturated rings. The van der Waals surface area contributed by atoms with Crippen molar-refractivity contribution in [1.82, 2.24) is 4.98 Å². The molecule has 0 bridgehead atoms. The third kappa shape index (κ3) is 7.65. The van der Waals surface area contributed by atoms with Crippen LogP contribution in [0.5, 0.6) is 0 Å². The number of cyclic esters (lactones) is 1. The molecule has 214 valence electrons. The standard InChI is InChI=1S/C31H43NO7/c1-6-7-11-22-29(36)20(3)10-8-9-19(2)12-14-24(39-28(35)17-26(34)31(4,5)30(22)37)21-13-15-25-23(16-21)32-27(18-33)38-25/h6,12-13,15-16,20,22,24,26,29,33-34,36H,1,7-11,14,17-18H2,2-5H3/t20-,22+,24-,26-,29-/m0/s1. The Morgan fingerprint density at radius 1 is 1.23 bits per heavy atom. The van der Waals surface area contributed by atoms with E-state index in [9.17, 15) is 24.9 Å². The Morgan fingerprint density at radius 3 is 2.67 bits per heavy atom. The largest absolute Gasteiger partial charge is 0.457 e. The van der Waals surface area contributed by atoms with Crippen molar-refractivity contribution in [2.45, 2.75) is 97.6 Å². The zero-order chi connectivity index (χ0) is 28.7. The van der Waals surface area contributed by atoms with Crippen LogP contribution in [0.1, 0.15) is 90.2 Å². The average molecular weight is 542 g/mol. The summed E-state index contributed by atoms with van der Waals surface area (Å²) in [5.74, 6) is -1.46. The Kier molecular flexibility index (Phi) is 10.6. The molecule has 2 heterocycles. The quantitative estimate of drug-likeness (QED) is 0.341. The fourth-order valence-corrected chi connectivity index (χ4v) is 5.21. The van der Waals surface area contributed by atoms with E-state index >= 15 is 0 Å². The molecule has 0 radical (unpaired) electrons. The highest BCUT2D eigenvalue weighted by molar-refractivity contribution is 5.88. The SMILES string of the molecule is C=CCC[C@H]1C(=O)C(C)(C)[C@@H](O)CC(=O)O[C@H](c2ccc3oc(CO)nc3c2)CC=C(C)CCC[C@H](C)[C@@H]1O. The Hall–Kier alpha value is -2.81. The van der Waals surface area contributed by atoms with Crippen molar-refractivity contribution in [3.63, 3.8) is 0 Å². The summed E-state index contributed by atoms with van der Waals surface area (Å²) < 4.78 is 11.4. The average Bonchev–Trinajstić information content (AvgIpc) is 3.32. The van der Waals surface area contributed by atoms with Crippen LogP contribution in [0.15, 0.2) is 46.9 Å². The predicted molar refractivity (Wildman–Crippen MR) is 148 cm³/mol. The molecule has 1 aliphatic heterocycles. The highest BCUT2D eigenvalue weighted by Crippen LogP contribution is 2.35. The molecule has 0 aliphatic carbocycles. The number of ether oxygens (including phenoxy) is 1. The van der Waals surface area contributed by atoms with E-state index < -0.39 is 35.6 Å². The number of ketones is 1. The van der Waals surface area contributed by atoms with E-state index in [1.54, 1.807) is 38.1 Å². The Morgan fingerprint density at radius 2 is 1.97 bits per heavy atom. The van der Waals surface area contributed by atoms with Gasteiger partial charge in [0.15, 0.2) is 5.58 Å². The van der Waals surface area contributed by atoms with Gasteiger partial charge >= 0.3 is 5.97 Å². The number of aromatic nitrogens is 1. The maximum atomic E-state index is 13.7. The van der Waals surface area contributed by atoms with Gasteiger partial charge in [0.25, 0.3) is 0 Å². The van der Waals surface area contributed by atoms with Crippen molar-refractivity contribution in [3.05, 3.63) is 54.0 Å². The van der Waals surface area contributed by atoms with Gasteiger partial charge in [-0.05, 0) is 62.6 Å². The van der Waals surface area contributed by atoms with Gasteiger partial charge in [-0.3, -0.25) is 9.59 Å². The third-order valence-corrected chi connectivity index (χ3v) is 7.99. The minimum absolute atomic E-state index is 0.104. The van der Waals surface area contributed by atoms with E-state index in [1.165, 1.54) is 0 Å². The van der Waals surface area contributed by atoms with Crippen LogP contribution >= 0.6 is 0 Å². The topological polar surface area (TPSA) is 130 Å². The lowest BCUT2D eigenvalue weighted by atomic mass is 9.71. The van der Waals surface area contributed by atoms with Crippen molar-refractivity contribution < 1.29 is 34.1 Å². The van der Waals surface area contributed by atoms with Crippen LogP contribution in [0.2, 0.25) is 0 Å². The molecule has 2 aromatic rings. The summed E-state index contributed by atoms with van der Waals surface area (Å²) in [7, 11) is 0. The first-order valence-electron chi connectivity index (χ1n) is 13.8. The molecule has 39 heavy (non-hydrogen) atoms. The Balaban J connectivity index is 1.93. The van der Waals surface area contributed by atoms with Crippen LogP contribution in [0.3, 0.4) is 0 Å². The molecule has 1 aliphatic rings. The molecule has 0 spiro atoms. The van der Waals surface area contributed by atoms with E-state index in [2.05, 4.69) is 11.6 Å². The number of fused-ring (bicyclic) bond motifs is 1. The summed E-state index contributed by atoms with van der Waals surface area (Å²) >= 11 is 0. The second kappa shape index (κ2) is 13.5. The highest BCUT2D eigenvalue weighted by atomic mass is 16.5. The Bertz CT molecular complexity index is 1180. The summed E-state index contributed by atoms with van der Waals surface area (Å²) in [6.07, 6.45) is 4.46. The van der Waals surface area contributed by atoms with Crippen LogP contribution in [0.4, 0.5) is 0 Å². The maximum absolute atomic E-state index is 13.7. The van der Waals surface area contributed by atoms with E-state index in [4.69, 9.17) is 9.15 Å². The highest BCUT2D eigenvalue weighted by Gasteiger charge is 2.43. The van der Waals surface area contributed by atoms with Crippen LogP contribution in [0, 0.1) is 17.3 Å². The summed E-state index contributed by atoms with van der Waals surface area (Å²) in [4.78, 5) is 31.0. The van der Waals surface area contributed by atoms with Crippen LogP contribution in [-0.4, -0.2) is 44.3 Å². The molecule has 0 amide bonds. The van der Waals surface area contributed by atoms with Gasteiger partial charge in [-0.25, -0.2) is 4.98 Å². The lowest BCUT2D eigenvalue weighted by molar-refractivity contribution is -0.156. The number of aliphatic hydroxyl groups is 3.